The van der Waals surface area contributed by atoms with Crippen molar-refractivity contribution in [1.82, 2.24) is 5.32 Å². The molecule has 0 radical (unpaired) electrons. The molecule has 3 nitrogen and oxygen atoms in total. The number of piperidine rings is 1. The highest BCUT2D eigenvalue weighted by molar-refractivity contribution is 6.31. The fraction of sp³-hybridized carbons (Fsp3) is 0.400. The maximum Gasteiger partial charge on any atom is 0.0681 e. The minimum atomic E-state index is 0.106. The maximum atomic E-state index is 9.08. The van der Waals surface area contributed by atoms with Crippen LogP contribution in [0.1, 0.15) is 29.5 Å². The quantitative estimate of drug-likeness (QED) is 0.863. The smallest absolute Gasteiger partial charge is 0.0681 e. The number of aliphatic hydroxyl groups excluding tert-OH is 1. The van der Waals surface area contributed by atoms with Crippen molar-refractivity contribution in [2.45, 2.75) is 39.0 Å². The summed E-state index contributed by atoms with van der Waals surface area (Å²) in [5.41, 5.74) is 4.58. The predicted molar refractivity (Wildman–Crippen MR) is 101 cm³/mol. The van der Waals surface area contributed by atoms with E-state index >= 15 is 0 Å². The second kappa shape index (κ2) is 8.02. The molecule has 0 aliphatic carbocycles. The zero-order chi connectivity index (χ0) is 16.9. The number of anilines is 1. The molecule has 1 aliphatic heterocycles. The normalized spacial score (nSPS) is 15.7. The summed E-state index contributed by atoms with van der Waals surface area (Å²) in [4.78, 5) is 2.42. The first kappa shape index (κ1) is 17.3. The molecule has 1 heterocycles. The predicted octanol–water partition coefficient (Wildman–Crippen LogP) is 3.90. The highest BCUT2D eigenvalue weighted by Gasteiger charge is 2.19. The van der Waals surface area contributed by atoms with Gasteiger partial charge in [0.1, 0.15) is 0 Å². The highest BCUT2D eigenvalue weighted by Crippen LogP contribution is 2.25. The van der Waals surface area contributed by atoms with Crippen LogP contribution < -0.4 is 10.2 Å². The Morgan fingerprint density at radius 2 is 1.75 bits per heavy atom. The Kier molecular flexibility index (Phi) is 5.77. The van der Waals surface area contributed by atoms with Crippen molar-refractivity contribution in [2.24, 2.45) is 0 Å². The van der Waals surface area contributed by atoms with E-state index in [2.05, 4.69) is 40.5 Å². The minimum Gasteiger partial charge on any atom is -0.392 e. The van der Waals surface area contributed by atoms with E-state index in [1.54, 1.807) is 0 Å². The van der Waals surface area contributed by atoms with E-state index in [4.69, 9.17) is 16.7 Å². The fourth-order valence-corrected chi connectivity index (χ4v) is 3.32. The van der Waals surface area contributed by atoms with Gasteiger partial charge in [0.2, 0.25) is 0 Å². The molecule has 2 aromatic carbocycles. The monoisotopic (exact) mass is 344 g/mol. The molecular formula is C20H25ClN2O. The van der Waals surface area contributed by atoms with Gasteiger partial charge in [-0.25, -0.2) is 0 Å². The van der Waals surface area contributed by atoms with Gasteiger partial charge in [0.05, 0.1) is 6.61 Å². The van der Waals surface area contributed by atoms with E-state index < -0.39 is 0 Å². The Hall–Kier alpha value is -1.55. The van der Waals surface area contributed by atoms with Crippen molar-refractivity contribution in [1.29, 1.82) is 0 Å². The van der Waals surface area contributed by atoms with Crippen LogP contribution >= 0.6 is 11.6 Å². The first-order chi connectivity index (χ1) is 11.7. The number of hydrogen-bond donors (Lipinski definition) is 2. The molecule has 2 aromatic rings. The molecule has 0 amide bonds. The summed E-state index contributed by atoms with van der Waals surface area (Å²) < 4.78 is 0. The van der Waals surface area contributed by atoms with Crippen LogP contribution in [0.15, 0.2) is 42.5 Å². The number of nitrogens with one attached hydrogen (secondary N) is 1. The molecule has 0 aromatic heterocycles. The van der Waals surface area contributed by atoms with Crippen molar-refractivity contribution in [3.63, 3.8) is 0 Å². The first-order valence-corrected chi connectivity index (χ1v) is 8.96. The van der Waals surface area contributed by atoms with E-state index in [1.807, 2.05) is 19.1 Å². The topological polar surface area (TPSA) is 35.5 Å². The Bertz CT molecular complexity index is 664. The molecule has 128 valence electrons. The Morgan fingerprint density at radius 3 is 2.38 bits per heavy atom. The second-order valence-corrected chi connectivity index (χ2v) is 6.96. The summed E-state index contributed by atoms with van der Waals surface area (Å²) in [6.45, 7) is 5.14. The Morgan fingerprint density at radius 1 is 1.08 bits per heavy atom. The van der Waals surface area contributed by atoms with Gasteiger partial charge in [0.15, 0.2) is 0 Å². The standard InChI is InChI=1S/C20H25ClN2O/c1-15-2-7-19(12-20(15)21)23-10-8-18(9-11-23)22-13-16-3-5-17(14-24)6-4-16/h2-7,12,18,22,24H,8-11,13-14H2,1H3. The summed E-state index contributed by atoms with van der Waals surface area (Å²) in [6, 6.07) is 15.0. The Balaban J connectivity index is 1.48. The number of aryl methyl sites for hydroxylation is 1. The number of rotatable bonds is 5. The zero-order valence-corrected chi connectivity index (χ0v) is 14.9. The molecule has 0 bridgehead atoms. The van der Waals surface area contributed by atoms with Gasteiger partial charge in [-0.15, -0.1) is 0 Å². The summed E-state index contributed by atoms with van der Waals surface area (Å²) in [5.74, 6) is 0. The lowest BCUT2D eigenvalue weighted by atomic mass is 10.0. The molecule has 0 atom stereocenters. The van der Waals surface area contributed by atoms with Gasteiger partial charge >= 0.3 is 0 Å². The second-order valence-electron chi connectivity index (χ2n) is 6.55. The molecule has 24 heavy (non-hydrogen) atoms. The fourth-order valence-electron chi connectivity index (χ4n) is 3.14. The number of benzene rings is 2. The van der Waals surface area contributed by atoms with Gasteiger partial charge in [-0.2, -0.15) is 0 Å². The van der Waals surface area contributed by atoms with Crippen LogP contribution in [0.3, 0.4) is 0 Å². The van der Waals surface area contributed by atoms with E-state index in [9.17, 15) is 0 Å². The van der Waals surface area contributed by atoms with Crippen LogP contribution in [0, 0.1) is 6.92 Å². The van der Waals surface area contributed by atoms with Crippen LogP contribution in [-0.4, -0.2) is 24.2 Å². The third-order valence-corrected chi connectivity index (χ3v) is 5.22. The van der Waals surface area contributed by atoms with Gasteiger partial charge in [0.25, 0.3) is 0 Å². The van der Waals surface area contributed by atoms with Gasteiger partial charge in [-0.05, 0) is 48.6 Å². The van der Waals surface area contributed by atoms with Crippen LogP contribution in [0.2, 0.25) is 5.02 Å². The molecule has 0 saturated carbocycles. The third kappa shape index (κ3) is 4.29. The van der Waals surface area contributed by atoms with E-state index in [1.165, 1.54) is 11.3 Å². The largest absolute Gasteiger partial charge is 0.392 e. The van der Waals surface area contributed by atoms with E-state index in [-0.39, 0.29) is 6.61 Å². The van der Waals surface area contributed by atoms with Crippen LogP contribution in [0.4, 0.5) is 5.69 Å². The maximum absolute atomic E-state index is 9.08. The highest BCUT2D eigenvalue weighted by atomic mass is 35.5. The van der Waals surface area contributed by atoms with Crippen molar-refractivity contribution in [3.05, 3.63) is 64.2 Å². The molecule has 1 saturated heterocycles. The van der Waals surface area contributed by atoms with Gasteiger partial charge < -0.3 is 15.3 Å². The number of halogens is 1. The average Bonchev–Trinajstić information content (AvgIpc) is 2.63. The van der Waals surface area contributed by atoms with Crippen LogP contribution in [0.5, 0.6) is 0 Å². The first-order valence-electron chi connectivity index (χ1n) is 8.59. The summed E-state index contributed by atoms with van der Waals surface area (Å²) >= 11 is 6.25. The van der Waals surface area contributed by atoms with Crippen molar-refractivity contribution < 1.29 is 5.11 Å². The lowest BCUT2D eigenvalue weighted by molar-refractivity contribution is 0.282. The van der Waals surface area contributed by atoms with Gasteiger partial charge in [0, 0.05) is 36.4 Å². The number of nitrogens with zero attached hydrogens (tertiary/aromatic N) is 1. The lowest BCUT2D eigenvalue weighted by Crippen LogP contribution is -2.42. The number of hydrogen-bond acceptors (Lipinski definition) is 3. The van der Waals surface area contributed by atoms with E-state index in [0.717, 1.165) is 48.6 Å². The molecule has 2 N–H and O–H groups in total. The SMILES string of the molecule is Cc1ccc(N2CCC(NCc3ccc(CO)cc3)CC2)cc1Cl. The van der Waals surface area contributed by atoms with Crippen molar-refractivity contribution in [2.75, 3.05) is 18.0 Å². The molecule has 3 rings (SSSR count). The minimum absolute atomic E-state index is 0.106. The van der Waals surface area contributed by atoms with Crippen LogP contribution in [0.25, 0.3) is 0 Å². The van der Waals surface area contributed by atoms with Crippen molar-refractivity contribution >= 4 is 17.3 Å². The molecular weight excluding hydrogens is 320 g/mol. The lowest BCUT2D eigenvalue weighted by Gasteiger charge is -2.34. The van der Waals surface area contributed by atoms with Crippen molar-refractivity contribution in [3.8, 4) is 0 Å². The van der Waals surface area contributed by atoms with E-state index in [0.29, 0.717) is 6.04 Å². The molecule has 4 heteroatoms. The average molecular weight is 345 g/mol. The van der Waals surface area contributed by atoms with Gasteiger partial charge in [-0.3, -0.25) is 0 Å². The molecule has 0 unspecified atom stereocenters. The molecule has 0 spiro atoms. The zero-order valence-electron chi connectivity index (χ0n) is 14.1. The molecule has 1 fully saturated rings. The summed E-state index contributed by atoms with van der Waals surface area (Å²) in [6.07, 6.45) is 2.28. The summed E-state index contributed by atoms with van der Waals surface area (Å²) in [7, 11) is 0. The Labute approximate surface area is 149 Å². The number of aliphatic hydroxyl groups is 1. The molecule has 1 aliphatic rings. The van der Waals surface area contributed by atoms with Gasteiger partial charge in [-0.1, -0.05) is 41.9 Å². The third-order valence-electron chi connectivity index (χ3n) is 4.82. The van der Waals surface area contributed by atoms with Crippen LogP contribution in [-0.2, 0) is 13.2 Å². The summed E-state index contributed by atoms with van der Waals surface area (Å²) in [5, 5.41) is 13.6.